The Morgan fingerprint density at radius 3 is 2.42 bits per heavy atom. The topological polar surface area (TPSA) is 49.3 Å². The van der Waals surface area contributed by atoms with E-state index in [1.54, 1.807) is 18.2 Å². The molecule has 0 saturated heterocycles. The van der Waals surface area contributed by atoms with Crippen molar-refractivity contribution < 1.29 is 9.90 Å². The molecule has 5 heteroatoms. The highest BCUT2D eigenvalue weighted by Gasteiger charge is 2.50. The molecule has 3 nitrogen and oxygen atoms in total. The third-order valence-electron chi connectivity index (χ3n) is 3.57. The third kappa shape index (κ3) is 3.62. The molecule has 0 heterocycles. The van der Waals surface area contributed by atoms with E-state index in [1.165, 1.54) is 0 Å². The Hall–Kier alpha value is -0.770. The first-order valence-corrected chi connectivity index (χ1v) is 6.97. The van der Waals surface area contributed by atoms with Gasteiger partial charge in [0.25, 0.3) is 0 Å². The predicted molar refractivity (Wildman–Crippen MR) is 76.3 cm³/mol. The van der Waals surface area contributed by atoms with Crippen LogP contribution in [0, 0.1) is 11.3 Å². The fraction of sp³-hybridized carbons (Fsp3) is 0.500. The van der Waals surface area contributed by atoms with Gasteiger partial charge in [0.2, 0.25) is 5.91 Å². The summed E-state index contributed by atoms with van der Waals surface area (Å²) in [5, 5.41) is 13.7. The zero-order valence-electron chi connectivity index (χ0n) is 10.9. The number of hydrogen-bond acceptors (Lipinski definition) is 2. The standard InChI is InChI=1S/C14H17Cl2NO2/c1-14(2)6-11(14)13(19)17-7-12(18)8-3-9(15)5-10(16)4-8/h3-5,11-12,18H,6-7H2,1-2H3,(H,17,19)/t11-,12?/m1/s1. The van der Waals surface area contributed by atoms with Crippen molar-refractivity contribution in [3.8, 4) is 0 Å². The highest BCUT2D eigenvalue weighted by atomic mass is 35.5. The second kappa shape index (κ2) is 5.31. The SMILES string of the molecule is CC1(C)C[C@@H]1C(=O)NCC(O)c1cc(Cl)cc(Cl)c1. The van der Waals surface area contributed by atoms with E-state index in [9.17, 15) is 9.90 Å². The predicted octanol–water partition coefficient (Wildman–Crippen LogP) is 3.19. The summed E-state index contributed by atoms with van der Waals surface area (Å²) in [6, 6.07) is 4.89. The number of halogens is 2. The summed E-state index contributed by atoms with van der Waals surface area (Å²) in [6.45, 7) is 4.29. The van der Waals surface area contributed by atoms with Gasteiger partial charge in [0.15, 0.2) is 0 Å². The summed E-state index contributed by atoms with van der Waals surface area (Å²) in [7, 11) is 0. The molecule has 0 radical (unpaired) electrons. The Morgan fingerprint density at radius 2 is 1.95 bits per heavy atom. The lowest BCUT2D eigenvalue weighted by molar-refractivity contribution is -0.123. The Bertz CT molecular complexity index is 482. The molecule has 0 spiro atoms. The molecule has 1 aliphatic rings. The minimum Gasteiger partial charge on any atom is -0.387 e. The van der Waals surface area contributed by atoms with E-state index in [0.29, 0.717) is 15.6 Å². The summed E-state index contributed by atoms with van der Waals surface area (Å²) in [6.07, 6.45) is 0.0970. The fourth-order valence-corrected chi connectivity index (χ4v) is 2.66. The molecular formula is C14H17Cl2NO2. The number of aliphatic hydroxyl groups is 1. The lowest BCUT2D eigenvalue weighted by atomic mass is 10.1. The van der Waals surface area contributed by atoms with E-state index in [0.717, 1.165) is 6.42 Å². The Morgan fingerprint density at radius 1 is 1.42 bits per heavy atom. The van der Waals surface area contributed by atoms with E-state index in [4.69, 9.17) is 23.2 Å². The van der Waals surface area contributed by atoms with Gasteiger partial charge in [0.05, 0.1) is 6.10 Å². The highest BCUT2D eigenvalue weighted by molar-refractivity contribution is 6.34. The second-order valence-corrected chi connectivity index (χ2v) is 6.58. The molecule has 1 aromatic rings. The summed E-state index contributed by atoms with van der Waals surface area (Å²) in [5.41, 5.74) is 0.696. The molecule has 1 aromatic carbocycles. The van der Waals surface area contributed by atoms with Crippen LogP contribution in [-0.4, -0.2) is 17.6 Å². The van der Waals surface area contributed by atoms with Gasteiger partial charge in [-0.1, -0.05) is 37.0 Å². The zero-order chi connectivity index (χ0) is 14.2. The van der Waals surface area contributed by atoms with Crippen LogP contribution in [0.2, 0.25) is 10.0 Å². The first kappa shape index (κ1) is 14.6. The lowest BCUT2D eigenvalue weighted by Gasteiger charge is -2.13. The number of amides is 1. The molecule has 1 saturated carbocycles. The molecule has 0 aliphatic heterocycles. The van der Waals surface area contributed by atoms with E-state index in [1.807, 2.05) is 0 Å². The number of carbonyl (C=O) groups is 1. The minimum absolute atomic E-state index is 0.00262. The molecule has 2 N–H and O–H groups in total. The average molecular weight is 302 g/mol. The van der Waals surface area contributed by atoms with Gasteiger partial charge in [-0.15, -0.1) is 0 Å². The third-order valence-corrected chi connectivity index (χ3v) is 4.01. The van der Waals surface area contributed by atoms with Crippen LogP contribution in [0.25, 0.3) is 0 Å². The summed E-state index contributed by atoms with van der Waals surface area (Å²) in [5.74, 6) is 0.0554. The summed E-state index contributed by atoms with van der Waals surface area (Å²) >= 11 is 11.7. The minimum atomic E-state index is -0.804. The van der Waals surface area contributed by atoms with Gasteiger partial charge < -0.3 is 10.4 Å². The Kier molecular flexibility index (Phi) is 4.09. The summed E-state index contributed by atoms with van der Waals surface area (Å²) < 4.78 is 0. The molecule has 2 rings (SSSR count). The molecular weight excluding hydrogens is 285 g/mol. The first-order chi connectivity index (χ1) is 8.79. The maximum atomic E-state index is 11.8. The molecule has 104 valence electrons. The Labute approximate surface area is 122 Å². The van der Waals surface area contributed by atoms with E-state index in [-0.39, 0.29) is 23.8 Å². The maximum absolute atomic E-state index is 11.8. The molecule has 19 heavy (non-hydrogen) atoms. The molecule has 0 bridgehead atoms. The molecule has 1 aliphatic carbocycles. The maximum Gasteiger partial charge on any atom is 0.223 e. The van der Waals surface area contributed by atoms with Crippen molar-refractivity contribution >= 4 is 29.1 Å². The van der Waals surface area contributed by atoms with Crippen LogP contribution in [-0.2, 0) is 4.79 Å². The second-order valence-electron chi connectivity index (χ2n) is 5.71. The van der Waals surface area contributed by atoms with Crippen LogP contribution in [0.4, 0.5) is 0 Å². The lowest BCUT2D eigenvalue weighted by Crippen LogP contribution is -2.30. The van der Waals surface area contributed by atoms with Crippen molar-refractivity contribution in [3.05, 3.63) is 33.8 Å². The molecule has 2 atom stereocenters. The van der Waals surface area contributed by atoms with Gasteiger partial charge in [-0.2, -0.15) is 0 Å². The van der Waals surface area contributed by atoms with Gasteiger partial charge in [-0.05, 0) is 35.6 Å². The monoisotopic (exact) mass is 301 g/mol. The number of benzene rings is 1. The van der Waals surface area contributed by atoms with E-state index >= 15 is 0 Å². The van der Waals surface area contributed by atoms with Crippen molar-refractivity contribution in [3.63, 3.8) is 0 Å². The van der Waals surface area contributed by atoms with Crippen LogP contribution >= 0.6 is 23.2 Å². The van der Waals surface area contributed by atoms with Crippen LogP contribution in [0.3, 0.4) is 0 Å². The van der Waals surface area contributed by atoms with Crippen molar-refractivity contribution in [2.45, 2.75) is 26.4 Å². The smallest absolute Gasteiger partial charge is 0.223 e. The first-order valence-electron chi connectivity index (χ1n) is 6.21. The van der Waals surface area contributed by atoms with Gasteiger partial charge in [-0.25, -0.2) is 0 Å². The van der Waals surface area contributed by atoms with E-state index in [2.05, 4.69) is 19.2 Å². The van der Waals surface area contributed by atoms with Crippen molar-refractivity contribution in [2.24, 2.45) is 11.3 Å². The number of aliphatic hydroxyl groups excluding tert-OH is 1. The zero-order valence-corrected chi connectivity index (χ0v) is 12.4. The van der Waals surface area contributed by atoms with Gasteiger partial charge in [0, 0.05) is 22.5 Å². The number of nitrogens with one attached hydrogen (secondary N) is 1. The van der Waals surface area contributed by atoms with Crippen LogP contribution in [0.1, 0.15) is 31.9 Å². The van der Waals surface area contributed by atoms with Crippen molar-refractivity contribution in [2.75, 3.05) is 6.54 Å². The normalized spacial score (nSPS) is 21.8. The van der Waals surface area contributed by atoms with Crippen LogP contribution < -0.4 is 5.32 Å². The molecule has 0 aromatic heterocycles. The van der Waals surface area contributed by atoms with Crippen LogP contribution in [0.15, 0.2) is 18.2 Å². The number of hydrogen-bond donors (Lipinski definition) is 2. The highest BCUT2D eigenvalue weighted by Crippen LogP contribution is 2.51. The average Bonchev–Trinajstić information content (AvgIpc) is 2.93. The molecule has 1 unspecified atom stereocenters. The number of carbonyl (C=O) groups excluding carboxylic acids is 1. The quantitative estimate of drug-likeness (QED) is 0.897. The van der Waals surface area contributed by atoms with Crippen molar-refractivity contribution in [1.82, 2.24) is 5.32 Å². The van der Waals surface area contributed by atoms with Crippen LogP contribution in [0.5, 0.6) is 0 Å². The van der Waals surface area contributed by atoms with E-state index < -0.39 is 6.10 Å². The largest absolute Gasteiger partial charge is 0.387 e. The van der Waals surface area contributed by atoms with Crippen molar-refractivity contribution in [1.29, 1.82) is 0 Å². The fourth-order valence-electron chi connectivity index (χ4n) is 2.12. The number of rotatable bonds is 4. The molecule has 1 amide bonds. The van der Waals surface area contributed by atoms with Gasteiger partial charge in [0.1, 0.15) is 0 Å². The van der Waals surface area contributed by atoms with Gasteiger partial charge in [-0.3, -0.25) is 4.79 Å². The van der Waals surface area contributed by atoms with Gasteiger partial charge >= 0.3 is 0 Å². The molecule has 1 fully saturated rings. The summed E-state index contributed by atoms with van der Waals surface area (Å²) in [4.78, 5) is 11.8. The Balaban J connectivity index is 1.91.